The van der Waals surface area contributed by atoms with Crippen molar-refractivity contribution in [3.8, 4) is 22.5 Å². The van der Waals surface area contributed by atoms with Gasteiger partial charge in [-0.3, -0.25) is 9.78 Å². The van der Waals surface area contributed by atoms with E-state index in [0.29, 0.717) is 25.9 Å². The van der Waals surface area contributed by atoms with E-state index in [4.69, 9.17) is 4.42 Å². The van der Waals surface area contributed by atoms with Gasteiger partial charge >= 0.3 is 29.6 Å². The first-order valence-corrected chi connectivity index (χ1v) is 12.6. The van der Waals surface area contributed by atoms with Crippen LogP contribution in [0.3, 0.4) is 0 Å². The van der Waals surface area contributed by atoms with Crippen LogP contribution >= 0.6 is 0 Å². The summed E-state index contributed by atoms with van der Waals surface area (Å²) in [5.74, 6) is -0.196. The first-order chi connectivity index (χ1) is 19.1. The number of benzene rings is 3. The number of carboxylic acid groups (broad SMARTS) is 1. The van der Waals surface area contributed by atoms with Crippen molar-refractivity contribution >= 4 is 29.1 Å². The van der Waals surface area contributed by atoms with Crippen molar-refractivity contribution in [2.24, 2.45) is 0 Å². The summed E-state index contributed by atoms with van der Waals surface area (Å²) >= 11 is 0. The molecule has 3 aromatic carbocycles. The Morgan fingerprint density at radius 1 is 0.975 bits per heavy atom. The van der Waals surface area contributed by atoms with Gasteiger partial charge in [0, 0.05) is 29.6 Å². The minimum absolute atomic E-state index is 0. The maximum Gasteiger partial charge on any atom is 1.00 e. The zero-order valence-corrected chi connectivity index (χ0v) is 24.4. The van der Waals surface area contributed by atoms with Gasteiger partial charge < -0.3 is 24.4 Å². The molecule has 6 rings (SSSR count). The molecule has 0 saturated heterocycles. The number of carboxylic acids is 1. The summed E-state index contributed by atoms with van der Waals surface area (Å²) in [5.41, 5.74) is 5.81. The second kappa shape index (κ2) is 13.0. The summed E-state index contributed by atoms with van der Waals surface area (Å²) in [6, 6.07) is 27.4. The Hall–Kier alpha value is -3.91. The van der Waals surface area contributed by atoms with Crippen molar-refractivity contribution in [3.63, 3.8) is 0 Å². The summed E-state index contributed by atoms with van der Waals surface area (Å²) in [5, 5.41) is 15.6. The van der Waals surface area contributed by atoms with Crippen LogP contribution in [0.5, 0.6) is 0 Å². The minimum atomic E-state index is -0.976. The van der Waals surface area contributed by atoms with Gasteiger partial charge in [0.25, 0.3) is 6.47 Å². The molecule has 1 aliphatic carbocycles. The number of carbonyl (C=O) groups is 2. The average molecular weight is 543 g/mol. The average Bonchev–Trinajstić information content (AvgIpc) is 3.72. The Kier molecular flexibility index (Phi) is 9.42. The molecule has 8 heteroatoms. The molecule has 1 aliphatic rings. The van der Waals surface area contributed by atoms with Crippen molar-refractivity contribution < 1.29 is 53.4 Å². The molecular weight excluding hydrogens is 515 g/mol. The van der Waals surface area contributed by atoms with Crippen molar-refractivity contribution in [3.05, 3.63) is 108 Å². The number of anilines is 1. The number of rotatable bonds is 8. The van der Waals surface area contributed by atoms with Crippen molar-refractivity contribution in [2.75, 3.05) is 12.4 Å². The molecule has 0 radical (unpaired) electrons. The molecule has 0 bridgehead atoms. The van der Waals surface area contributed by atoms with Crippen LogP contribution in [0.4, 0.5) is 5.69 Å². The molecule has 0 spiro atoms. The van der Waals surface area contributed by atoms with Crippen LogP contribution < -0.4 is 40.0 Å². The molecule has 0 aliphatic heterocycles. The summed E-state index contributed by atoms with van der Waals surface area (Å²) in [6.45, 7) is 0.817. The topological polar surface area (TPSA) is 104 Å². The van der Waals surface area contributed by atoms with E-state index in [-0.39, 0.29) is 29.6 Å². The van der Waals surface area contributed by atoms with Gasteiger partial charge in [-0.15, -0.1) is 0 Å². The molecule has 1 saturated carbocycles. The number of furan rings is 1. The standard InChI is InChI=1S/C24H20N2O3.C8H8O2.Na/c1-25-21-19-10-13-26-14-20(19)29-22(21)17-4-2-15(3-5-17)16-6-8-18(9-7-16)24(11-12-24)23(27)28;9-7-10-6-8-4-2-1-3-5-8;/h2-10,13-14,25H,11-12H2,1H3,(H,27,28);1-5,7H,6H2;/q;;+1/p-1. The Bertz CT molecular complexity index is 1580. The smallest absolute Gasteiger partial charge is 0.549 e. The number of aromatic nitrogens is 1. The van der Waals surface area contributed by atoms with E-state index in [1.54, 1.807) is 12.4 Å². The quantitative estimate of drug-likeness (QED) is 0.237. The number of ether oxygens (including phenoxy) is 1. The Labute approximate surface area is 254 Å². The predicted molar refractivity (Wildman–Crippen MR) is 148 cm³/mol. The number of fused-ring (bicyclic) bond motifs is 1. The van der Waals surface area contributed by atoms with Crippen LogP contribution in [0, 0.1) is 0 Å². The third-order valence-corrected chi connectivity index (χ3v) is 6.96. The van der Waals surface area contributed by atoms with Gasteiger partial charge in [0.1, 0.15) is 6.61 Å². The van der Waals surface area contributed by atoms with E-state index in [9.17, 15) is 14.7 Å². The zero-order valence-electron chi connectivity index (χ0n) is 22.4. The van der Waals surface area contributed by atoms with E-state index in [0.717, 1.165) is 50.2 Å². The van der Waals surface area contributed by atoms with Gasteiger partial charge in [0.2, 0.25) is 0 Å². The number of carbonyl (C=O) groups excluding carboxylic acids is 2. The molecule has 196 valence electrons. The zero-order chi connectivity index (χ0) is 27.2. The second-order valence-electron chi connectivity index (χ2n) is 9.35. The van der Waals surface area contributed by atoms with Crippen molar-refractivity contribution in [1.82, 2.24) is 4.98 Å². The molecule has 2 aromatic heterocycles. The molecule has 40 heavy (non-hydrogen) atoms. The number of pyridine rings is 1. The van der Waals surface area contributed by atoms with Gasteiger partial charge in [0.05, 0.1) is 17.9 Å². The van der Waals surface area contributed by atoms with E-state index >= 15 is 0 Å². The fourth-order valence-corrected chi connectivity index (χ4v) is 4.64. The van der Waals surface area contributed by atoms with Crippen LogP contribution in [-0.4, -0.2) is 24.5 Å². The third kappa shape index (κ3) is 6.12. The number of hydrogen-bond donors (Lipinski definition) is 1. The molecule has 7 nitrogen and oxygen atoms in total. The number of hydrogen-bond acceptors (Lipinski definition) is 7. The molecule has 0 amide bonds. The Morgan fingerprint density at radius 2 is 1.60 bits per heavy atom. The van der Waals surface area contributed by atoms with Crippen molar-refractivity contribution in [1.29, 1.82) is 0 Å². The summed E-state index contributed by atoms with van der Waals surface area (Å²) in [6.07, 6.45) is 4.78. The predicted octanol–water partition coefficient (Wildman–Crippen LogP) is 2.35. The maximum atomic E-state index is 11.4. The van der Waals surface area contributed by atoms with E-state index in [2.05, 4.69) is 15.0 Å². The van der Waals surface area contributed by atoms with Gasteiger partial charge in [-0.1, -0.05) is 78.9 Å². The molecule has 1 N–H and O–H groups in total. The minimum Gasteiger partial charge on any atom is -0.549 e. The van der Waals surface area contributed by atoms with Gasteiger partial charge in [0.15, 0.2) is 11.3 Å². The monoisotopic (exact) mass is 542 g/mol. The fourth-order valence-electron chi connectivity index (χ4n) is 4.64. The van der Waals surface area contributed by atoms with Crippen molar-refractivity contribution in [2.45, 2.75) is 24.9 Å². The molecule has 2 heterocycles. The number of aliphatic carboxylic acids is 1. The molecule has 0 atom stereocenters. The SMILES string of the molecule is CNc1c(-c2ccc(-c3ccc(C4(C(=O)[O-])CC4)cc3)cc2)oc2cnccc12.O=COCc1ccccc1.[Na+]. The first kappa shape index (κ1) is 29.1. The van der Waals surface area contributed by atoms with E-state index in [1.165, 1.54) is 0 Å². The Morgan fingerprint density at radius 3 is 2.17 bits per heavy atom. The van der Waals surface area contributed by atoms with Crippen LogP contribution in [0.2, 0.25) is 0 Å². The molecule has 1 fully saturated rings. The number of nitrogens with zero attached hydrogens (tertiary/aromatic N) is 1. The molecule has 0 unspecified atom stereocenters. The normalized spacial score (nSPS) is 12.8. The maximum absolute atomic E-state index is 11.4. The fraction of sp³-hybridized carbons (Fsp3) is 0.156. The van der Waals surface area contributed by atoms with Crippen LogP contribution in [0.1, 0.15) is 24.0 Å². The van der Waals surface area contributed by atoms with E-state index in [1.807, 2.05) is 92.0 Å². The first-order valence-electron chi connectivity index (χ1n) is 12.6. The molecule has 5 aromatic rings. The van der Waals surface area contributed by atoms with Crippen LogP contribution in [0.25, 0.3) is 33.4 Å². The van der Waals surface area contributed by atoms with Gasteiger partial charge in [-0.05, 0) is 41.2 Å². The number of nitrogens with one attached hydrogen (secondary N) is 1. The third-order valence-electron chi connectivity index (χ3n) is 6.96. The van der Waals surface area contributed by atoms with Gasteiger partial charge in [-0.2, -0.15) is 0 Å². The summed E-state index contributed by atoms with van der Waals surface area (Å²) in [7, 11) is 1.88. The Balaban J connectivity index is 0.000000287. The van der Waals surface area contributed by atoms with E-state index < -0.39 is 11.4 Å². The van der Waals surface area contributed by atoms with Crippen LogP contribution in [0.15, 0.2) is 102 Å². The summed E-state index contributed by atoms with van der Waals surface area (Å²) in [4.78, 5) is 25.3. The second-order valence-corrected chi connectivity index (χ2v) is 9.35. The largest absolute Gasteiger partial charge is 1.00 e. The van der Waals surface area contributed by atoms with Gasteiger partial charge in [-0.25, -0.2) is 0 Å². The van der Waals surface area contributed by atoms with Crippen LogP contribution in [-0.2, 0) is 26.3 Å². The summed E-state index contributed by atoms with van der Waals surface area (Å²) < 4.78 is 10.6. The molecular formula is C32H27N2NaO5.